The lowest BCUT2D eigenvalue weighted by Gasteiger charge is -2.18. The summed E-state index contributed by atoms with van der Waals surface area (Å²) in [6.07, 6.45) is 70.6. The van der Waals surface area contributed by atoms with Crippen molar-refractivity contribution in [3.8, 4) is 0 Å². The maximum Gasteiger partial charge on any atom is 0.306 e. The lowest BCUT2D eigenvalue weighted by molar-refractivity contribution is -0.167. The molecule has 0 aromatic carbocycles. The van der Waals surface area contributed by atoms with Crippen LogP contribution in [0.1, 0.15) is 297 Å². The molecule has 0 aromatic rings. The molecule has 0 spiro atoms. The van der Waals surface area contributed by atoms with Gasteiger partial charge in [0.25, 0.3) is 0 Å². The Morgan fingerprint density at radius 3 is 0.912 bits per heavy atom. The zero-order valence-electron chi connectivity index (χ0n) is 45.1. The molecule has 6 heteroatoms. The topological polar surface area (TPSA) is 78.9 Å². The Morgan fingerprint density at radius 2 is 0.559 bits per heavy atom. The highest BCUT2D eigenvalue weighted by molar-refractivity contribution is 5.71. The van der Waals surface area contributed by atoms with E-state index in [4.69, 9.17) is 14.2 Å². The van der Waals surface area contributed by atoms with Gasteiger partial charge in [0.2, 0.25) is 0 Å². The summed E-state index contributed by atoms with van der Waals surface area (Å²) in [5.41, 5.74) is 0. The van der Waals surface area contributed by atoms with E-state index in [2.05, 4.69) is 81.5 Å². The molecule has 68 heavy (non-hydrogen) atoms. The number of unbranched alkanes of at least 4 members (excludes halogenated alkanes) is 32. The molecule has 0 aliphatic carbocycles. The second-order valence-corrected chi connectivity index (χ2v) is 19.5. The van der Waals surface area contributed by atoms with Gasteiger partial charge in [-0.05, 0) is 103 Å². The lowest BCUT2D eigenvalue weighted by atomic mass is 10.1. The van der Waals surface area contributed by atoms with Crippen molar-refractivity contribution in [2.45, 2.75) is 303 Å². The summed E-state index contributed by atoms with van der Waals surface area (Å²) in [5, 5.41) is 0. The van der Waals surface area contributed by atoms with Crippen LogP contribution in [0.15, 0.2) is 60.8 Å². The number of carbonyl (C=O) groups is 3. The Morgan fingerprint density at radius 1 is 0.294 bits per heavy atom. The van der Waals surface area contributed by atoms with Gasteiger partial charge in [0.05, 0.1) is 0 Å². The monoisotopic (exact) mass is 951 g/mol. The van der Waals surface area contributed by atoms with Gasteiger partial charge in [-0.3, -0.25) is 14.4 Å². The van der Waals surface area contributed by atoms with E-state index in [1.165, 1.54) is 167 Å². The van der Waals surface area contributed by atoms with Crippen LogP contribution in [0.2, 0.25) is 0 Å². The van der Waals surface area contributed by atoms with Crippen LogP contribution < -0.4 is 0 Å². The van der Waals surface area contributed by atoms with Gasteiger partial charge in [-0.25, -0.2) is 0 Å². The first-order valence-electron chi connectivity index (χ1n) is 29.3. The number of hydrogen-bond acceptors (Lipinski definition) is 6. The fourth-order valence-electron chi connectivity index (χ4n) is 8.27. The normalized spacial score (nSPS) is 12.5. The van der Waals surface area contributed by atoms with Crippen molar-refractivity contribution >= 4 is 17.9 Å². The van der Waals surface area contributed by atoms with E-state index in [9.17, 15) is 14.4 Å². The first kappa shape index (κ1) is 65.1. The number of ether oxygens (including phenoxy) is 3. The van der Waals surface area contributed by atoms with E-state index < -0.39 is 6.10 Å². The molecule has 0 N–H and O–H groups in total. The van der Waals surface area contributed by atoms with Gasteiger partial charge < -0.3 is 14.2 Å². The molecule has 0 rings (SSSR count). The van der Waals surface area contributed by atoms with E-state index in [-0.39, 0.29) is 31.1 Å². The summed E-state index contributed by atoms with van der Waals surface area (Å²) < 4.78 is 16.9. The van der Waals surface area contributed by atoms with E-state index in [0.29, 0.717) is 19.3 Å². The first-order valence-corrected chi connectivity index (χ1v) is 29.3. The molecular weight excluding hydrogens is 841 g/mol. The van der Waals surface area contributed by atoms with Gasteiger partial charge in [0.15, 0.2) is 6.10 Å². The first-order chi connectivity index (χ1) is 33.5. The quantitative estimate of drug-likeness (QED) is 0.0262. The molecule has 0 heterocycles. The summed E-state index contributed by atoms with van der Waals surface area (Å²) in [5.74, 6) is -0.894. The Bertz CT molecular complexity index is 1230. The van der Waals surface area contributed by atoms with Gasteiger partial charge in [-0.2, -0.15) is 0 Å². The largest absolute Gasteiger partial charge is 0.462 e. The average Bonchev–Trinajstić information content (AvgIpc) is 3.34. The lowest BCUT2D eigenvalue weighted by Crippen LogP contribution is -2.30. The number of hydrogen-bond donors (Lipinski definition) is 0. The number of esters is 3. The minimum atomic E-state index is -0.784. The second-order valence-electron chi connectivity index (χ2n) is 19.5. The van der Waals surface area contributed by atoms with Gasteiger partial charge in [0, 0.05) is 19.3 Å². The summed E-state index contributed by atoms with van der Waals surface area (Å²) in [6.45, 7) is 6.56. The third-order valence-electron chi connectivity index (χ3n) is 12.7. The van der Waals surface area contributed by atoms with Crippen LogP contribution in [-0.4, -0.2) is 37.2 Å². The molecule has 0 aliphatic heterocycles. The Hall–Kier alpha value is -2.89. The molecule has 1 unspecified atom stereocenters. The molecule has 0 aromatic heterocycles. The van der Waals surface area contributed by atoms with Crippen LogP contribution in [0.5, 0.6) is 0 Å². The maximum absolute atomic E-state index is 12.9. The Kier molecular flexibility index (Phi) is 54.3. The molecule has 1 atom stereocenters. The molecule has 0 fully saturated rings. The van der Waals surface area contributed by atoms with Crippen LogP contribution in [0.25, 0.3) is 0 Å². The molecule has 0 saturated carbocycles. The van der Waals surface area contributed by atoms with Crippen molar-refractivity contribution in [1.82, 2.24) is 0 Å². The predicted octanol–water partition coefficient (Wildman–Crippen LogP) is 19.6. The highest BCUT2D eigenvalue weighted by Gasteiger charge is 2.19. The van der Waals surface area contributed by atoms with Crippen molar-refractivity contribution in [2.24, 2.45) is 0 Å². The summed E-state index contributed by atoms with van der Waals surface area (Å²) in [6, 6.07) is 0. The van der Waals surface area contributed by atoms with Gasteiger partial charge in [-0.1, -0.05) is 236 Å². The zero-order chi connectivity index (χ0) is 49.3. The van der Waals surface area contributed by atoms with E-state index in [1.807, 2.05) is 0 Å². The summed E-state index contributed by atoms with van der Waals surface area (Å²) >= 11 is 0. The molecule has 0 bridgehead atoms. The predicted molar refractivity (Wildman–Crippen MR) is 293 cm³/mol. The third-order valence-corrected chi connectivity index (χ3v) is 12.7. The zero-order valence-corrected chi connectivity index (χ0v) is 45.1. The van der Waals surface area contributed by atoms with Crippen LogP contribution >= 0.6 is 0 Å². The van der Waals surface area contributed by atoms with Crippen molar-refractivity contribution in [3.05, 3.63) is 60.8 Å². The molecule has 0 aliphatic rings. The van der Waals surface area contributed by atoms with Crippen LogP contribution in [-0.2, 0) is 28.6 Å². The summed E-state index contributed by atoms with van der Waals surface area (Å²) in [7, 11) is 0. The third kappa shape index (κ3) is 54.1. The number of carbonyl (C=O) groups excluding carboxylic acids is 3. The molecular formula is C62H110O6. The highest BCUT2D eigenvalue weighted by atomic mass is 16.6. The van der Waals surface area contributed by atoms with Crippen LogP contribution in [0, 0.1) is 0 Å². The molecule has 6 nitrogen and oxygen atoms in total. The molecule has 0 saturated heterocycles. The second kappa shape index (κ2) is 56.7. The van der Waals surface area contributed by atoms with Crippen molar-refractivity contribution in [3.63, 3.8) is 0 Å². The fourth-order valence-corrected chi connectivity index (χ4v) is 8.27. The molecule has 394 valence electrons. The smallest absolute Gasteiger partial charge is 0.306 e. The van der Waals surface area contributed by atoms with Gasteiger partial charge >= 0.3 is 17.9 Å². The van der Waals surface area contributed by atoms with Crippen molar-refractivity contribution in [2.75, 3.05) is 13.2 Å². The Labute approximate surface area is 421 Å². The standard InChI is InChI=1S/C62H110O6/c1-4-7-10-13-16-19-22-25-27-29-31-33-34-37-40-43-46-49-52-55-61(64)67-58-59(57-66-60(63)54-51-48-45-42-39-36-24-21-18-15-12-9-6-3)68-62(65)56-53-50-47-44-41-38-35-32-30-28-26-23-20-17-14-11-8-5-2/h12,15-16,19,21,24-25,27-28,30,59H,4-11,13-14,17-18,20,22-23,26,29,31-58H2,1-3H3/b15-12-,19-16-,24-21-,27-25-,30-28-. The van der Waals surface area contributed by atoms with Gasteiger partial charge in [-0.15, -0.1) is 0 Å². The number of allylic oxidation sites excluding steroid dienone is 10. The Balaban J connectivity index is 4.36. The minimum absolute atomic E-state index is 0.0817. The van der Waals surface area contributed by atoms with Crippen molar-refractivity contribution in [1.29, 1.82) is 0 Å². The SMILES string of the molecule is CCC/C=C\C/C=C\CCCCCCCC(=O)OCC(COC(=O)CCCCCCCCCCC/C=C\C/C=C\CCCCC)OC(=O)CCCCCCCCC/C=C\CCCCCCCCC. The van der Waals surface area contributed by atoms with E-state index >= 15 is 0 Å². The minimum Gasteiger partial charge on any atom is -0.462 e. The van der Waals surface area contributed by atoms with E-state index in [0.717, 1.165) is 89.9 Å². The van der Waals surface area contributed by atoms with Crippen LogP contribution in [0.4, 0.5) is 0 Å². The van der Waals surface area contributed by atoms with Gasteiger partial charge in [0.1, 0.15) is 13.2 Å². The summed E-state index contributed by atoms with van der Waals surface area (Å²) in [4.78, 5) is 38.2. The average molecular weight is 952 g/mol. The highest BCUT2D eigenvalue weighted by Crippen LogP contribution is 2.15. The maximum atomic E-state index is 12.9. The van der Waals surface area contributed by atoms with E-state index in [1.54, 1.807) is 0 Å². The number of rotatable bonds is 53. The van der Waals surface area contributed by atoms with Crippen molar-refractivity contribution < 1.29 is 28.6 Å². The fraction of sp³-hybridized carbons (Fsp3) is 0.790. The molecule has 0 radical (unpaired) electrons. The van der Waals surface area contributed by atoms with Crippen LogP contribution in [0.3, 0.4) is 0 Å². The molecule has 0 amide bonds.